The number of aryl methyl sites for hydroxylation is 2. The number of nitrogens with two attached hydrogens (primary N) is 1. The van der Waals surface area contributed by atoms with Gasteiger partial charge in [-0.15, -0.1) is 0 Å². The van der Waals surface area contributed by atoms with Crippen LogP contribution < -0.4 is 16.0 Å². The molecule has 1 aromatic heterocycles. The Hall–Kier alpha value is -2.66. The zero-order valence-corrected chi connectivity index (χ0v) is 13.8. The molecule has 0 bridgehead atoms. The van der Waals surface area contributed by atoms with E-state index in [1.807, 2.05) is 62.4 Å². The lowest BCUT2D eigenvalue weighted by Gasteiger charge is -2.10. The normalized spacial score (nSPS) is 10.5. The molecule has 0 fully saturated rings. The van der Waals surface area contributed by atoms with E-state index < -0.39 is 0 Å². The number of carbonyl (C=O) groups is 1. The third-order valence-corrected chi connectivity index (χ3v) is 4.59. The van der Waals surface area contributed by atoms with Crippen molar-refractivity contribution in [3.63, 3.8) is 0 Å². The molecule has 4 nitrogen and oxygen atoms in total. The Morgan fingerprint density at radius 2 is 1.70 bits per heavy atom. The van der Waals surface area contributed by atoms with Crippen LogP contribution in [0.4, 0.5) is 10.8 Å². The topological polar surface area (TPSA) is 69.3 Å². The third kappa shape index (κ3) is 3.10. The summed E-state index contributed by atoms with van der Waals surface area (Å²) < 4.78 is 0. The van der Waals surface area contributed by atoms with Gasteiger partial charge in [0.05, 0.1) is 0 Å². The largest absolute Gasteiger partial charge is 0.330 e. The number of benzene rings is 2. The molecule has 0 saturated heterocycles. The molecular formula is C18H18N3OS+. The Morgan fingerprint density at radius 1 is 1.04 bits per heavy atom. The highest BCUT2D eigenvalue weighted by molar-refractivity contribution is 7.17. The standard InChI is InChI=1S/C18H17N3OS/c1-11-7-6-8-12(2)14(11)20-17(22)16-15(21-18(19)23-16)13-9-4-3-5-10-13/h3-10H,1-2H3,(H2,19,21)(H,20,22)/p+1. The van der Waals surface area contributed by atoms with Crippen LogP contribution in [0.3, 0.4) is 0 Å². The lowest BCUT2D eigenvalue weighted by atomic mass is 10.1. The summed E-state index contributed by atoms with van der Waals surface area (Å²) in [5.74, 6) is -0.154. The zero-order valence-electron chi connectivity index (χ0n) is 13.0. The van der Waals surface area contributed by atoms with E-state index in [9.17, 15) is 4.79 Å². The first-order valence-electron chi connectivity index (χ1n) is 7.31. The number of hydrogen-bond acceptors (Lipinski definition) is 3. The van der Waals surface area contributed by atoms with Gasteiger partial charge in [-0.05, 0) is 36.3 Å². The van der Waals surface area contributed by atoms with Gasteiger partial charge in [0.2, 0.25) is 0 Å². The van der Waals surface area contributed by atoms with Crippen molar-refractivity contribution in [2.24, 2.45) is 0 Å². The highest BCUT2D eigenvalue weighted by Gasteiger charge is 2.22. The molecule has 0 aliphatic carbocycles. The van der Waals surface area contributed by atoms with Crippen LogP contribution in [0.25, 0.3) is 11.3 Å². The molecule has 0 atom stereocenters. The van der Waals surface area contributed by atoms with Gasteiger partial charge in [0, 0.05) is 11.3 Å². The fourth-order valence-electron chi connectivity index (χ4n) is 2.52. The number of aromatic amines is 1. The highest BCUT2D eigenvalue weighted by Crippen LogP contribution is 2.28. The molecule has 4 N–H and O–H groups in total. The van der Waals surface area contributed by atoms with E-state index in [1.165, 1.54) is 11.3 Å². The number of nitrogens with one attached hydrogen (secondary N) is 2. The van der Waals surface area contributed by atoms with E-state index in [1.54, 1.807) is 0 Å². The molecule has 0 saturated carbocycles. The molecule has 0 unspecified atom stereocenters. The molecule has 5 heteroatoms. The van der Waals surface area contributed by atoms with Crippen LogP contribution in [0.5, 0.6) is 0 Å². The van der Waals surface area contributed by atoms with Crippen molar-refractivity contribution in [2.75, 3.05) is 11.1 Å². The van der Waals surface area contributed by atoms with Crippen molar-refractivity contribution in [1.82, 2.24) is 0 Å². The van der Waals surface area contributed by atoms with E-state index in [-0.39, 0.29) is 5.91 Å². The number of rotatable bonds is 3. The first-order valence-corrected chi connectivity index (χ1v) is 8.12. The van der Waals surface area contributed by atoms with Crippen molar-refractivity contribution in [3.8, 4) is 11.3 Å². The molecule has 23 heavy (non-hydrogen) atoms. The number of anilines is 2. The summed E-state index contributed by atoms with van der Waals surface area (Å²) in [4.78, 5) is 16.4. The molecular weight excluding hydrogens is 306 g/mol. The highest BCUT2D eigenvalue weighted by atomic mass is 32.1. The molecule has 0 aliphatic heterocycles. The maximum Gasteiger partial charge on any atom is 0.330 e. The Balaban J connectivity index is 1.98. The Bertz CT molecular complexity index is 836. The van der Waals surface area contributed by atoms with E-state index in [4.69, 9.17) is 5.73 Å². The van der Waals surface area contributed by atoms with E-state index in [0.717, 1.165) is 28.1 Å². The fraction of sp³-hybridized carbons (Fsp3) is 0.111. The van der Waals surface area contributed by atoms with E-state index >= 15 is 0 Å². The minimum atomic E-state index is -0.154. The Labute approximate surface area is 139 Å². The number of carbonyl (C=O) groups excluding carboxylic acids is 1. The van der Waals surface area contributed by atoms with Crippen molar-refractivity contribution >= 4 is 28.1 Å². The van der Waals surface area contributed by atoms with Gasteiger partial charge in [-0.3, -0.25) is 10.5 Å². The second kappa shape index (κ2) is 6.22. The van der Waals surface area contributed by atoms with Crippen molar-refractivity contribution in [3.05, 3.63) is 64.5 Å². The number of nitrogen functional groups attached to an aromatic ring is 1. The number of hydrogen-bond donors (Lipinski definition) is 2. The molecule has 3 rings (SSSR count). The number of thiazole rings is 1. The second-order valence-electron chi connectivity index (χ2n) is 5.38. The predicted octanol–water partition coefficient (Wildman–Crippen LogP) is 3.68. The molecule has 3 aromatic rings. The predicted molar refractivity (Wildman–Crippen MR) is 94.6 cm³/mol. The van der Waals surface area contributed by atoms with Crippen LogP contribution in [-0.4, -0.2) is 5.91 Å². The van der Waals surface area contributed by atoms with E-state index in [0.29, 0.717) is 10.0 Å². The minimum Gasteiger partial charge on any atom is -0.321 e. The summed E-state index contributed by atoms with van der Waals surface area (Å²) in [6.07, 6.45) is 0. The van der Waals surface area contributed by atoms with Crippen LogP contribution in [-0.2, 0) is 0 Å². The van der Waals surface area contributed by atoms with Crippen LogP contribution in [0, 0.1) is 13.8 Å². The SMILES string of the molecule is Cc1cccc(C)c1NC(=O)c1sc(N)[nH+]c1-c1ccccc1. The zero-order chi connectivity index (χ0) is 16.4. The van der Waals surface area contributed by atoms with E-state index in [2.05, 4.69) is 10.3 Å². The monoisotopic (exact) mass is 324 g/mol. The average molecular weight is 324 g/mol. The summed E-state index contributed by atoms with van der Waals surface area (Å²) in [7, 11) is 0. The van der Waals surface area contributed by atoms with Gasteiger partial charge in [0.25, 0.3) is 5.91 Å². The average Bonchev–Trinajstić information content (AvgIpc) is 2.94. The number of H-pyrrole nitrogens is 1. The second-order valence-corrected chi connectivity index (χ2v) is 6.43. The summed E-state index contributed by atoms with van der Waals surface area (Å²) in [6, 6.07) is 15.7. The van der Waals surface area contributed by atoms with Crippen LogP contribution in [0.15, 0.2) is 48.5 Å². The molecule has 0 aliphatic rings. The lowest BCUT2D eigenvalue weighted by Crippen LogP contribution is -2.15. The molecule has 2 aromatic carbocycles. The summed E-state index contributed by atoms with van der Waals surface area (Å²) in [5.41, 5.74) is 10.5. The smallest absolute Gasteiger partial charge is 0.321 e. The van der Waals surface area contributed by atoms with Gasteiger partial charge in [-0.1, -0.05) is 48.5 Å². The maximum atomic E-state index is 12.7. The lowest BCUT2D eigenvalue weighted by molar-refractivity contribution is -0.340. The molecule has 1 heterocycles. The number of aromatic nitrogens is 1. The molecule has 1 amide bonds. The minimum absolute atomic E-state index is 0.154. The summed E-state index contributed by atoms with van der Waals surface area (Å²) in [5, 5.41) is 3.52. The third-order valence-electron chi connectivity index (χ3n) is 3.68. The maximum absolute atomic E-state index is 12.7. The first kappa shape index (κ1) is 15.2. The summed E-state index contributed by atoms with van der Waals surface area (Å²) in [6.45, 7) is 3.96. The molecule has 116 valence electrons. The van der Waals surface area contributed by atoms with Crippen LogP contribution >= 0.6 is 11.3 Å². The van der Waals surface area contributed by atoms with Gasteiger partial charge in [0.1, 0.15) is 4.88 Å². The molecule has 0 radical (unpaired) electrons. The van der Waals surface area contributed by atoms with Crippen molar-refractivity contribution < 1.29 is 9.78 Å². The van der Waals surface area contributed by atoms with Gasteiger partial charge >= 0.3 is 5.13 Å². The van der Waals surface area contributed by atoms with Crippen LogP contribution in [0.1, 0.15) is 20.8 Å². The Morgan fingerprint density at radius 3 is 2.35 bits per heavy atom. The quantitative estimate of drug-likeness (QED) is 0.771. The fourth-order valence-corrected chi connectivity index (χ4v) is 3.30. The van der Waals surface area contributed by atoms with Gasteiger partial charge in [0.15, 0.2) is 5.69 Å². The van der Waals surface area contributed by atoms with Gasteiger partial charge in [-0.2, -0.15) is 0 Å². The van der Waals surface area contributed by atoms with Crippen LogP contribution in [0.2, 0.25) is 0 Å². The molecule has 0 spiro atoms. The number of para-hydroxylation sites is 1. The Kier molecular flexibility index (Phi) is 4.12. The number of amides is 1. The van der Waals surface area contributed by atoms with Crippen molar-refractivity contribution in [1.29, 1.82) is 0 Å². The van der Waals surface area contributed by atoms with Gasteiger partial charge < -0.3 is 5.32 Å². The van der Waals surface area contributed by atoms with Gasteiger partial charge in [-0.25, -0.2) is 4.98 Å². The first-order chi connectivity index (χ1) is 11.1. The summed E-state index contributed by atoms with van der Waals surface area (Å²) >= 11 is 1.26. The van der Waals surface area contributed by atoms with Crippen molar-refractivity contribution in [2.45, 2.75) is 13.8 Å².